The lowest BCUT2D eigenvalue weighted by atomic mass is 10.1. The Hall–Kier alpha value is -1.98. The maximum absolute atomic E-state index is 9.18. The van der Waals surface area contributed by atoms with E-state index >= 15 is 0 Å². The van der Waals surface area contributed by atoms with Crippen LogP contribution in [0.5, 0.6) is 0 Å². The maximum Gasteiger partial charge on any atom is 0.103 e. The van der Waals surface area contributed by atoms with Crippen LogP contribution in [0.1, 0.15) is 11.1 Å². The number of aryl methyl sites for hydroxylation is 1. The van der Waals surface area contributed by atoms with E-state index in [0.717, 1.165) is 11.4 Å². The van der Waals surface area contributed by atoms with E-state index in [9.17, 15) is 5.26 Å². The first kappa shape index (κ1) is 12.5. The third-order valence-electron chi connectivity index (χ3n) is 2.89. The Morgan fingerprint density at radius 3 is 2.39 bits per heavy atom. The van der Waals surface area contributed by atoms with Crippen LogP contribution >= 0.6 is 11.6 Å². The van der Waals surface area contributed by atoms with Gasteiger partial charge >= 0.3 is 0 Å². The Morgan fingerprint density at radius 1 is 1.11 bits per heavy atom. The number of hydrogen-bond donors (Lipinski definition) is 0. The summed E-state index contributed by atoms with van der Waals surface area (Å²) in [5, 5.41) is 9.66. The van der Waals surface area contributed by atoms with Gasteiger partial charge in [0.2, 0.25) is 0 Å². The lowest BCUT2D eigenvalue weighted by Crippen LogP contribution is -2.11. The van der Waals surface area contributed by atoms with Crippen molar-refractivity contribution in [1.29, 1.82) is 5.26 Å². The Morgan fingerprint density at radius 2 is 1.78 bits per heavy atom. The molecule has 0 unspecified atom stereocenters. The summed E-state index contributed by atoms with van der Waals surface area (Å²) in [6.45, 7) is 2.05. The number of nitrogens with zero attached hydrogens (tertiary/aromatic N) is 2. The predicted octanol–water partition coefficient (Wildman–Crippen LogP) is 4.29. The van der Waals surface area contributed by atoms with Crippen LogP contribution in [0.4, 0.5) is 11.4 Å². The molecule has 0 aliphatic heterocycles. The van der Waals surface area contributed by atoms with Gasteiger partial charge in [0.05, 0.1) is 16.3 Å². The highest BCUT2D eigenvalue weighted by atomic mass is 35.5. The smallest absolute Gasteiger partial charge is 0.103 e. The molecule has 90 valence electrons. The molecule has 0 fully saturated rings. The Kier molecular flexibility index (Phi) is 3.55. The van der Waals surface area contributed by atoms with Crippen molar-refractivity contribution in [2.45, 2.75) is 6.92 Å². The number of benzene rings is 2. The van der Waals surface area contributed by atoms with Gasteiger partial charge in [-0.2, -0.15) is 5.26 Å². The van der Waals surface area contributed by atoms with Crippen molar-refractivity contribution in [2.24, 2.45) is 0 Å². The first-order chi connectivity index (χ1) is 8.63. The molecule has 0 radical (unpaired) electrons. The normalized spacial score (nSPS) is 9.89. The molecule has 2 aromatic rings. The highest BCUT2D eigenvalue weighted by Crippen LogP contribution is 2.30. The number of nitriles is 1. The van der Waals surface area contributed by atoms with Gasteiger partial charge in [-0.1, -0.05) is 35.4 Å². The minimum absolute atomic E-state index is 0.481. The van der Waals surface area contributed by atoms with Crippen molar-refractivity contribution in [3.05, 3.63) is 58.6 Å². The summed E-state index contributed by atoms with van der Waals surface area (Å²) in [7, 11) is 1.93. The summed E-state index contributed by atoms with van der Waals surface area (Å²) < 4.78 is 0. The first-order valence-corrected chi connectivity index (χ1v) is 6.00. The Bertz CT molecular complexity index is 597. The molecular formula is C15H13ClN2. The molecule has 2 rings (SSSR count). The molecular weight excluding hydrogens is 244 g/mol. The van der Waals surface area contributed by atoms with Gasteiger partial charge in [-0.25, -0.2) is 0 Å². The molecule has 0 atom stereocenters. The summed E-state index contributed by atoms with van der Waals surface area (Å²) in [5.41, 5.74) is 3.55. The van der Waals surface area contributed by atoms with Crippen LogP contribution in [0.3, 0.4) is 0 Å². The molecule has 0 aliphatic rings. The minimum atomic E-state index is 0.481. The summed E-state index contributed by atoms with van der Waals surface area (Å²) >= 11 is 6.04. The van der Waals surface area contributed by atoms with Crippen molar-refractivity contribution in [3.63, 3.8) is 0 Å². The van der Waals surface area contributed by atoms with Crippen molar-refractivity contribution < 1.29 is 0 Å². The van der Waals surface area contributed by atoms with Gasteiger partial charge in [-0.05, 0) is 31.2 Å². The van der Waals surface area contributed by atoms with Gasteiger partial charge in [0, 0.05) is 12.7 Å². The van der Waals surface area contributed by atoms with Crippen LogP contribution in [-0.4, -0.2) is 7.05 Å². The molecule has 0 N–H and O–H groups in total. The lowest BCUT2D eigenvalue weighted by Gasteiger charge is -2.21. The zero-order chi connectivity index (χ0) is 13.1. The monoisotopic (exact) mass is 256 g/mol. The summed E-state index contributed by atoms with van der Waals surface area (Å²) in [6, 6.07) is 15.8. The molecule has 0 spiro atoms. The predicted molar refractivity (Wildman–Crippen MR) is 75.4 cm³/mol. The van der Waals surface area contributed by atoms with Gasteiger partial charge in [0.1, 0.15) is 6.07 Å². The van der Waals surface area contributed by atoms with Crippen LogP contribution in [-0.2, 0) is 0 Å². The molecule has 0 amide bonds. The maximum atomic E-state index is 9.18. The van der Waals surface area contributed by atoms with Gasteiger partial charge in [0.15, 0.2) is 0 Å². The average Bonchev–Trinajstić information content (AvgIpc) is 2.38. The summed E-state index contributed by atoms with van der Waals surface area (Å²) in [6.07, 6.45) is 0. The molecule has 0 bridgehead atoms. The van der Waals surface area contributed by atoms with Gasteiger partial charge in [-0.15, -0.1) is 0 Å². The Labute approximate surface area is 112 Å². The fourth-order valence-electron chi connectivity index (χ4n) is 1.81. The number of rotatable bonds is 2. The van der Waals surface area contributed by atoms with Gasteiger partial charge < -0.3 is 4.90 Å². The second kappa shape index (κ2) is 5.12. The van der Waals surface area contributed by atoms with E-state index < -0.39 is 0 Å². The highest BCUT2D eigenvalue weighted by Gasteiger charge is 2.11. The van der Waals surface area contributed by atoms with E-state index in [0.29, 0.717) is 10.6 Å². The van der Waals surface area contributed by atoms with E-state index in [1.807, 2.05) is 55.3 Å². The number of halogens is 1. The fourth-order valence-corrected chi connectivity index (χ4v) is 2.02. The largest absolute Gasteiger partial charge is 0.344 e. The number of anilines is 2. The van der Waals surface area contributed by atoms with E-state index in [-0.39, 0.29) is 0 Å². The standard InChI is InChI=1S/C15H13ClN2/c1-11-6-8-12(9-7-11)18(2)15-5-3-4-14(16)13(15)10-17/h3-9H,1-2H3. The minimum Gasteiger partial charge on any atom is -0.344 e. The quantitative estimate of drug-likeness (QED) is 0.802. The van der Waals surface area contributed by atoms with Gasteiger partial charge in [-0.3, -0.25) is 0 Å². The Balaban J connectivity index is 2.46. The van der Waals surface area contributed by atoms with Gasteiger partial charge in [0.25, 0.3) is 0 Å². The van der Waals surface area contributed by atoms with Crippen molar-refractivity contribution in [3.8, 4) is 6.07 Å². The van der Waals surface area contributed by atoms with Crippen molar-refractivity contribution in [2.75, 3.05) is 11.9 Å². The highest BCUT2D eigenvalue weighted by molar-refractivity contribution is 6.32. The SMILES string of the molecule is Cc1ccc(N(C)c2cccc(Cl)c2C#N)cc1. The molecule has 0 aromatic heterocycles. The van der Waals surface area contributed by atoms with Crippen LogP contribution in [0.25, 0.3) is 0 Å². The molecule has 18 heavy (non-hydrogen) atoms. The van der Waals surface area contributed by atoms with E-state index in [4.69, 9.17) is 11.6 Å². The molecule has 0 heterocycles. The zero-order valence-electron chi connectivity index (χ0n) is 10.3. The van der Waals surface area contributed by atoms with Crippen LogP contribution in [0.15, 0.2) is 42.5 Å². The molecule has 0 aliphatic carbocycles. The number of hydrogen-bond acceptors (Lipinski definition) is 2. The molecule has 2 aromatic carbocycles. The molecule has 3 heteroatoms. The van der Waals surface area contributed by atoms with Crippen LogP contribution in [0, 0.1) is 18.3 Å². The van der Waals surface area contributed by atoms with E-state index in [1.165, 1.54) is 5.56 Å². The van der Waals surface area contributed by atoms with E-state index in [2.05, 4.69) is 6.07 Å². The summed E-state index contributed by atoms with van der Waals surface area (Å²) in [5.74, 6) is 0. The molecule has 0 saturated carbocycles. The topological polar surface area (TPSA) is 27.0 Å². The van der Waals surface area contributed by atoms with E-state index in [1.54, 1.807) is 6.07 Å². The zero-order valence-corrected chi connectivity index (χ0v) is 11.1. The fraction of sp³-hybridized carbons (Fsp3) is 0.133. The third kappa shape index (κ3) is 2.32. The second-order valence-corrected chi connectivity index (χ2v) is 4.55. The lowest BCUT2D eigenvalue weighted by molar-refractivity contribution is 1.20. The first-order valence-electron chi connectivity index (χ1n) is 5.62. The summed E-state index contributed by atoms with van der Waals surface area (Å²) in [4.78, 5) is 1.96. The molecule has 2 nitrogen and oxygen atoms in total. The van der Waals surface area contributed by atoms with Crippen LogP contribution in [0.2, 0.25) is 5.02 Å². The van der Waals surface area contributed by atoms with Crippen LogP contribution < -0.4 is 4.90 Å². The third-order valence-corrected chi connectivity index (χ3v) is 3.20. The van der Waals surface area contributed by atoms with Crippen molar-refractivity contribution >= 4 is 23.0 Å². The average molecular weight is 257 g/mol. The van der Waals surface area contributed by atoms with Crippen molar-refractivity contribution in [1.82, 2.24) is 0 Å². The molecule has 0 saturated heterocycles. The second-order valence-electron chi connectivity index (χ2n) is 4.14.